The summed E-state index contributed by atoms with van der Waals surface area (Å²) in [5.74, 6) is -0.289. The molecule has 88 valence electrons. The lowest BCUT2D eigenvalue weighted by atomic mass is 9.91. The molecule has 1 aromatic carbocycles. The zero-order valence-corrected chi connectivity index (χ0v) is 9.80. The number of benzene rings is 1. The molecule has 1 aliphatic carbocycles. The molecule has 16 heavy (non-hydrogen) atoms. The van der Waals surface area contributed by atoms with Crippen LogP contribution in [0.15, 0.2) is 18.2 Å². The van der Waals surface area contributed by atoms with Gasteiger partial charge in [-0.1, -0.05) is 17.7 Å². The minimum atomic E-state index is -0.289. The van der Waals surface area contributed by atoms with Crippen molar-refractivity contribution < 1.29 is 4.39 Å². The predicted molar refractivity (Wildman–Crippen MR) is 65.3 cm³/mol. The van der Waals surface area contributed by atoms with E-state index < -0.39 is 0 Å². The second-order valence-corrected chi connectivity index (χ2v) is 4.76. The van der Waals surface area contributed by atoms with Crippen molar-refractivity contribution in [1.29, 1.82) is 0 Å². The molecule has 1 saturated carbocycles. The molecule has 4 heteroatoms. The lowest BCUT2D eigenvalue weighted by Crippen LogP contribution is -2.33. The van der Waals surface area contributed by atoms with Gasteiger partial charge >= 0.3 is 0 Å². The SMILES string of the molecule is NC1CCC(Nc2c(F)cccc2Cl)CC1. The zero-order valence-electron chi connectivity index (χ0n) is 9.05. The Hall–Kier alpha value is -0.800. The fraction of sp³-hybridized carbons (Fsp3) is 0.500. The van der Waals surface area contributed by atoms with Crippen LogP contribution in [0, 0.1) is 5.82 Å². The van der Waals surface area contributed by atoms with E-state index in [0.717, 1.165) is 25.7 Å². The largest absolute Gasteiger partial charge is 0.379 e. The molecule has 2 rings (SSSR count). The monoisotopic (exact) mass is 242 g/mol. The van der Waals surface area contributed by atoms with Crippen LogP contribution in [0.4, 0.5) is 10.1 Å². The summed E-state index contributed by atoms with van der Waals surface area (Å²) in [6, 6.07) is 5.31. The first kappa shape index (κ1) is 11.7. The van der Waals surface area contributed by atoms with E-state index >= 15 is 0 Å². The number of para-hydroxylation sites is 1. The van der Waals surface area contributed by atoms with E-state index in [-0.39, 0.29) is 11.9 Å². The molecule has 2 nitrogen and oxygen atoms in total. The Morgan fingerprint density at radius 2 is 1.94 bits per heavy atom. The molecule has 1 aromatic rings. The molecule has 0 amide bonds. The third-order valence-electron chi connectivity index (χ3n) is 3.08. The van der Waals surface area contributed by atoms with Crippen molar-refractivity contribution in [1.82, 2.24) is 0 Å². The molecule has 1 aliphatic rings. The summed E-state index contributed by atoms with van der Waals surface area (Å²) in [4.78, 5) is 0. The highest BCUT2D eigenvalue weighted by Gasteiger charge is 2.20. The van der Waals surface area contributed by atoms with Crippen molar-refractivity contribution in [3.63, 3.8) is 0 Å². The maximum absolute atomic E-state index is 13.5. The van der Waals surface area contributed by atoms with Crippen molar-refractivity contribution in [3.8, 4) is 0 Å². The van der Waals surface area contributed by atoms with Gasteiger partial charge in [0.1, 0.15) is 5.82 Å². The topological polar surface area (TPSA) is 38.0 Å². The zero-order chi connectivity index (χ0) is 11.5. The lowest BCUT2D eigenvalue weighted by molar-refractivity contribution is 0.410. The highest BCUT2D eigenvalue weighted by Crippen LogP contribution is 2.28. The summed E-state index contributed by atoms with van der Waals surface area (Å²) < 4.78 is 13.5. The number of anilines is 1. The highest BCUT2D eigenvalue weighted by atomic mass is 35.5. The van der Waals surface area contributed by atoms with Gasteiger partial charge in [-0.05, 0) is 37.8 Å². The van der Waals surface area contributed by atoms with Gasteiger partial charge in [-0.15, -0.1) is 0 Å². The van der Waals surface area contributed by atoms with Crippen molar-refractivity contribution in [3.05, 3.63) is 29.0 Å². The highest BCUT2D eigenvalue weighted by molar-refractivity contribution is 6.33. The quantitative estimate of drug-likeness (QED) is 0.836. The van der Waals surface area contributed by atoms with Gasteiger partial charge in [0.05, 0.1) is 10.7 Å². The first-order valence-corrected chi connectivity index (χ1v) is 6.00. The van der Waals surface area contributed by atoms with Crippen LogP contribution in [-0.2, 0) is 0 Å². The Bertz CT molecular complexity index is 342. The van der Waals surface area contributed by atoms with Gasteiger partial charge < -0.3 is 11.1 Å². The van der Waals surface area contributed by atoms with E-state index in [1.54, 1.807) is 12.1 Å². The molecule has 0 spiro atoms. The summed E-state index contributed by atoms with van der Waals surface area (Å²) >= 11 is 5.95. The van der Waals surface area contributed by atoms with Crippen LogP contribution in [-0.4, -0.2) is 12.1 Å². The van der Waals surface area contributed by atoms with Crippen LogP contribution in [0.25, 0.3) is 0 Å². The predicted octanol–water partition coefficient (Wildman–Crippen LogP) is 3.16. The van der Waals surface area contributed by atoms with Crippen LogP contribution in [0.2, 0.25) is 5.02 Å². The van der Waals surface area contributed by atoms with E-state index in [0.29, 0.717) is 16.8 Å². The molecule has 0 aromatic heterocycles. The van der Waals surface area contributed by atoms with Crippen LogP contribution >= 0.6 is 11.6 Å². The molecule has 0 unspecified atom stereocenters. The molecule has 0 aliphatic heterocycles. The molecule has 3 N–H and O–H groups in total. The van der Waals surface area contributed by atoms with E-state index in [4.69, 9.17) is 17.3 Å². The number of rotatable bonds is 2. The fourth-order valence-corrected chi connectivity index (χ4v) is 2.32. The van der Waals surface area contributed by atoms with Gasteiger partial charge in [-0.3, -0.25) is 0 Å². The minimum absolute atomic E-state index is 0.286. The Kier molecular flexibility index (Phi) is 3.66. The Labute approximate surface area is 100.0 Å². The van der Waals surface area contributed by atoms with Gasteiger partial charge in [-0.2, -0.15) is 0 Å². The van der Waals surface area contributed by atoms with Gasteiger partial charge in [-0.25, -0.2) is 4.39 Å². The number of nitrogens with two attached hydrogens (primary N) is 1. The van der Waals surface area contributed by atoms with Gasteiger partial charge in [0.25, 0.3) is 0 Å². The number of halogens is 2. The molecule has 0 saturated heterocycles. The van der Waals surface area contributed by atoms with Crippen molar-refractivity contribution >= 4 is 17.3 Å². The summed E-state index contributed by atoms with van der Waals surface area (Å²) in [7, 11) is 0. The average Bonchev–Trinajstić information content (AvgIpc) is 2.26. The van der Waals surface area contributed by atoms with Gasteiger partial charge in [0.15, 0.2) is 0 Å². The molecule has 0 atom stereocenters. The molecule has 0 heterocycles. The average molecular weight is 243 g/mol. The maximum atomic E-state index is 13.5. The molecule has 1 fully saturated rings. The first-order chi connectivity index (χ1) is 7.66. The van der Waals surface area contributed by atoms with Crippen molar-refractivity contribution in [2.45, 2.75) is 37.8 Å². The van der Waals surface area contributed by atoms with Crippen LogP contribution < -0.4 is 11.1 Å². The fourth-order valence-electron chi connectivity index (χ4n) is 2.10. The minimum Gasteiger partial charge on any atom is -0.379 e. The smallest absolute Gasteiger partial charge is 0.147 e. The number of hydrogen-bond donors (Lipinski definition) is 2. The van der Waals surface area contributed by atoms with E-state index in [9.17, 15) is 4.39 Å². The van der Waals surface area contributed by atoms with Crippen LogP contribution in [0.1, 0.15) is 25.7 Å². The molecular weight excluding hydrogens is 227 g/mol. The Morgan fingerprint density at radius 3 is 2.56 bits per heavy atom. The number of hydrogen-bond acceptors (Lipinski definition) is 2. The van der Waals surface area contributed by atoms with Crippen LogP contribution in [0.5, 0.6) is 0 Å². The second-order valence-electron chi connectivity index (χ2n) is 4.35. The lowest BCUT2D eigenvalue weighted by Gasteiger charge is -2.28. The summed E-state index contributed by atoms with van der Waals surface area (Å²) in [5.41, 5.74) is 6.24. The summed E-state index contributed by atoms with van der Waals surface area (Å²) in [6.45, 7) is 0. The number of nitrogens with one attached hydrogen (secondary N) is 1. The van der Waals surface area contributed by atoms with E-state index in [1.165, 1.54) is 6.07 Å². The molecule has 0 radical (unpaired) electrons. The molecular formula is C12H16ClFN2. The normalized spacial score (nSPS) is 25.4. The standard InChI is InChI=1S/C12H16ClFN2/c13-10-2-1-3-11(14)12(10)16-9-6-4-8(15)5-7-9/h1-3,8-9,16H,4-7,15H2. The Morgan fingerprint density at radius 1 is 1.25 bits per heavy atom. The van der Waals surface area contributed by atoms with E-state index in [2.05, 4.69) is 5.32 Å². The maximum Gasteiger partial charge on any atom is 0.147 e. The second kappa shape index (κ2) is 5.02. The Balaban J connectivity index is 2.04. The summed E-state index contributed by atoms with van der Waals surface area (Å²) in [5, 5.41) is 3.62. The van der Waals surface area contributed by atoms with E-state index in [1.807, 2.05) is 0 Å². The van der Waals surface area contributed by atoms with Gasteiger partial charge in [0, 0.05) is 12.1 Å². The summed E-state index contributed by atoms with van der Waals surface area (Å²) in [6.07, 6.45) is 3.94. The third-order valence-corrected chi connectivity index (χ3v) is 3.40. The van der Waals surface area contributed by atoms with Crippen molar-refractivity contribution in [2.24, 2.45) is 5.73 Å². The van der Waals surface area contributed by atoms with Gasteiger partial charge in [0.2, 0.25) is 0 Å². The van der Waals surface area contributed by atoms with Crippen LogP contribution in [0.3, 0.4) is 0 Å². The first-order valence-electron chi connectivity index (χ1n) is 5.63. The van der Waals surface area contributed by atoms with Crippen molar-refractivity contribution in [2.75, 3.05) is 5.32 Å². The third kappa shape index (κ3) is 2.66. The molecule has 0 bridgehead atoms.